The molecule has 0 unspecified atom stereocenters. The molecule has 2 rings (SSSR count). The molecule has 0 aromatic heterocycles. The second-order valence-electron chi connectivity index (χ2n) is 4.51. The summed E-state index contributed by atoms with van der Waals surface area (Å²) >= 11 is 1.09. The van der Waals surface area contributed by atoms with Crippen LogP contribution in [0.15, 0.2) is 66.2 Å². The fourth-order valence-electron chi connectivity index (χ4n) is 1.84. The summed E-state index contributed by atoms with van der Waals surface area (Å²) in [4.78, 5) is 23.9. The van der Waals surface area contributed by atoms with Gasteiger partial charge in [0.2, 0.25) is 5.12 Å². The zero-order valence-corrected chi connectivity index (χ0v) is 13.0. The van der Waals surface area contributed by atoms with Gasteiger partial charge in [0.05, 0.1) is 7.11 Å². The summed E-state index contributed by atoms with van der Waals surface area (Å²) < 4.78 is 4.79. The number of ether oxygens (including phenoxy) is 1. The first-order valence-corrected chi connectivity index (χ1v) is 7.75. The topological polar surface area (TPSA) is 43.4 Å². The van der Waals surface area contributed by atoms with Crippen LogP contribution >= 0.6 is 11.8 Å². The fourth-order valence-corrected chi connectivity index (χ4v) is 2.63. The van der Waals surface area contributed by atoms with Gasteiger partial charge >= 0.3 is 5.97 Å². The van der Waals surface area contributed by atoms with Crippen molar-refractivity contribution in [3.63, 3.8) is 0 Å². The molecule has 2 aromatic rings. The van der Waals surface area contributed by atoms with Gasteiger partial charge in [-0.15, -0.1) is 0 Å². The van der Waals surface area contributed by atoms with Crippen LogP contribution in [-0.4, -0.2) is 23.9 Å². The molecule has 0 spiro atoms. The van der Waals surface area contributed by atoms with E-state index in [4.69, 9.17) is 4.74 Å². The van der Waals surface area contributed by atoms with E-state index in [-0.39, 0.29) is 10.9 Å². The second kappa shape index (κ2) is 8.20. The van der Waals surface area contributed by atoms with Gasteiger partial charge in [0.1, 0.15) is 0 Å². The highest BCUT2D eigenvalue weighted by Gasteiger charge is 2.13. The molecule has 0 amide bonds. The average Bonchev–Trinajstić information content (AvgIpc) is 2.59. The quantitative estimate of drug-likeness (QED) is 0.622. The summed E-state index contributed by atoms with van der Waals surface area (Å²) in [5, 5.41) is -0.0662. The third-order valence-electron chi connectivity index (χ3n) is 2.96. The van der Waals surface area contributed by atoms with Crippen molar-refractivity contribution in [2.75, 3.05) is 12.9 Å². The van der Waals surface area contributed by atoms with Crippen molar-refractivity contribution in [3.05, 3.63) is 77.4 Å². The highest BCUT2D eigenvalue weighted by molar-refractivity contribution is 8.14. The van der Waals surface area contributed by atoms with E-state index in [9.17, 15) is 9.59 Å². The molecule has 0 atom stereocenters. The number of hydrogen-bond acceptors (Lipinski definition) is 4. The maximum Gasteiger partial charge on any atom is 0.334 e. The lowest BCUT2D eigenvalue weighted by atomic mass is 10.1. The number of methoxy groups -OCH3 is 1. The van der Waals surface area contributed by atoms with Crippen molar-refractivity contribution in [1.29, 1.82) is 0 Å². The molecule has 0 aliphatic rings. The SMILES string of the molecule is COC(=O)/C(=C/c1ccccc1)CSC(=O)c1ccccc1. The molecule has 0 aliphatic heterocycles. The van der Waals surface area contributed by atoms with E-state index >= 15 is 0 Å². The maximum atomic E-state index is 12.1. The fraction of sp³-hybridized carbons (Fsp3) is 0.111. The predicted molar refractivity (Wildman–Crippen MR) is 89.7 cm³/mol. The first-order valence-electron chi connectivity index (χ1n) is 6.77. The van der Waals surface area contributed by atoms with E-state index in [0.29, 0.717) is 11.1 Å². The van der Waals surface area contributed by atoms with Crippen LogP contribution in [0.3, 0.4) is 0 Å². The third kappa shape index (κ3) is 4.60. The number of carbonyl (C=O) groups is 2. The number of thioether (sulfide) groups is 1. The van der Waals surface area contributed by atoms with Gasteiger partial charge in [-0.25, -0.2) is 4.79 Å². The van der Waals surface area contributed by atoms with Crippen molar-refractivity contribution in [3.8, 4) is 0 Å². The monoisotopic (exact) mass is 312 g/mol. The van der Waals surface area contributed by atoms with Crippen molar-refractivity contribution in [2.45, 2.75) is 0 Å². The molecule has 0 N–H and O–H groups in total. The van der Waals surface area contributed by atoms with Crippen LogP contribution in [0.25, 0.3) is 6.08 Å². The normalized spacial score (nSPS) is 11.0. The lowest BCUT2D eigenvalue weighted by Crippen LogP contribution is -2.08. The third-order valence-corrected chi connectivity index (χ3v) is 3.91. The lowest BCUT2D eigenvalue weighted by molar-refractivity contribution is -0.135. The standard InChI is InChI=1S/C18H16O3S/c1-21-17(19)16(12-14-8-4-2-5-9-14)13-22-18(20)15-10-6-3-7-11-15/h2-12H,13H2,1H3/b16-12+. The largest absolute Gasteiger partial charge is 0.466 e. The molecule has 0 aliphatic carbocycles. The number of carbonyl (C=O) groups excluding carboxylic acids is 2. The van der Waals surface area contributed by atoms with Crippen molar-refractivity contribution in [2.24, 2.45) is 0 Å². The first-order chi connectivity index (χ1) is 10.7. The highest BCUT2D eigenvalue weighted by Crippen LogP contribution is 2.18. The summed E-state index contributed by atoms with van der Waals surface area (Å²) in [6, 6.07) is 18.5. The Labute approximate surface area is 134 Å². The summed E-state index contributed by atoms with van der Waals surface area (Å²) in [7, 11) is 1.34. The molecule has 0 saturated carbocycles. The Hall–Kier alpha value is -2.33. The van der Waals surface area contributed by atoms with Crippen LogP contribution in [0.5, 0.6) is 0 Å². The second-order valence-corrected chi connectivity index (χ2v) is 5.46. The Kier molecular flexibility index (Phi) is 5.98. The highest BCUT2D eigenvalue weighted by atomic mass is 32.2. The minimum atomic E-state index is -0.419. The molecule has 22 heavy (non-hydrogen) atoms. The summed E-state index contributed by atoms with van der Waals surface area (Å²) in [5.41, 5.74) is 1.98. The molecule has 3 nitrogen and oxygen atoms in total. The molecule has 0 radical (unpaired) electrons. The van der Waals surface area contributed by atoms with Gasteiger partial charge in [-0.05, 0) is 11.6 Å². The number of rotatable bonds is 5. The Morgan fingerprint density at radius 1 is 1.00 bits per heavy atom. The van der Waals surface area contributed by atoms with E-state index in [1.165, 1.54) is 7.11 Å². The van der Waals surface area contributed by atoms with Gasteiger partial charge in [-0.3, -0.25) is 4.79 Å². The molecular formula is C18H16O3S. The van der Waals surface area contributed by atoms with Crippen LogP contribution < -0.4 is 0 Å². The Morgan fingerprint density at radius 3 is 2.18 bits per heavy atom. The molecule has 112 valence electrons. The molecule has 0 fully saturated rings. The van der Waals surface area contributed by atoms with E-state index in [2.05, 4.69) is 0 Å². The lowest BCUT2D eigenvalue weighted by Gasteiger charge is -2.05. The Bertz CT molecular complexity index is 663. The van der Waals surface area contributed by atoms with E-state index < -0.39 is 5.97 Å². The van der Waals surface area contributed by atoms with Crippen LogP contribution in [-0.2, 0) is 9.53 Å². The van der Waals surface area contributed by atoms with Gasteiger partial charge in [-0.2, -0.15) is 0 Å². The smallest absolute Gasteiger partial charge is 0.334 e. The molecule has 4 heteroatoms. The Balaban J connectivity index is 2.10. The first kappa shape index (κ1) is 16.0. The van der Waals surface area contributed by atoms with Crippen LogP contribution in [0, 0.1) is 0 Å². The predicted octanol–water partition coefficient (Wildman–Crippen LogP) is 3.82. The average molecular weight is 312 g/mol. The number of esters is 1. The van der Waals surface area contributed by atoms with Crippen molar-refractivity contribution < 1.29 is 14.3 Å². The van der Waals surface area contributed by atoms with Gasteiger partial charge in [0.25, 0.3) is 0 Å². The van der Waals surface area contributed by atoms with Crippen LogP contribution in [0.1, 0.15) is 15.9 Å². The summed E-state index contributed by atoms with van der Waals surface area (Å²) in [6.07, 6.45) is 1.75. The zero-order valence-electron chi connectivity index (χ0n) is 12.2. The molecule has 2 aromatic carbocycles. The minimum Gasteiger partial charge on any atom is -0.466 e. The van der Waals surface area contributed by atoms with E-state index in [1.54, 1.807) is 18.2 Å². The molecule has 0 heterocycles. The summed E-state index contributed by atoms with van der Waals surface area (Å²) in [6.45, 7) is 0. The van der Waals surface area contributed by atoms with Gasteiger partial charge in [0, 0.05) is 16.9 Å². The molecule has 0 bridgehead atoms. The van der Waals surface area contributed by atoms with Gasteiger partial charge in [-0.1, -0.05) is 72.4 Å². The van der Waals surface area contributed by atoms with Crippen LogP contribution in [0.4, 0.5) is 0 Å². The molecule has 0 saturated heterocycles. The Morgan fingerprint density at radius 2 is 1.59 bits per heavy atom. The minimum absolute atomic E-state index is 0.0662. The molecular weight excluding hydrogens is 296 g/mol. The van der Waals surface area contributed by atoms with E-state index in [0.717, 1.165) is 17.3 Å². The van der Waals surface area contributed by atoms with E-state index in [1.807, 2.05) is 48.5 Å². The van der Waals surface area contributed by atoms with Gasteiger partial charge in [0.15, 0.2) is 0 Å². The van der Waals surface area contributed by atoms with Gasteiger partial charge < -0.3 is 4.74 Å². The number of hydrogen-bond donors (Lipinski definition) is 0. The van der Waals surface area contributed by atoms with Crippen molar-refractivity contribution in [1.82, 2.24) is 0 Å². The zero-order chi connectivity index (χ0) is 15.8. The van der Waals surface area contributed by atoms with Crippen molar-refractivity contribution >= 4 is 28.9 Å². The maximum absolute atomic E-state index is 12.1. The summed E-state index contributed by atoms with van der Waals surface area (Å²) in [5.74, 6) is -0.146. The van der Waals surface area contributed by atoms with Crippen LogP contribution in [0.2, 0.25) is 0 Å². The number of benzene rings is 2.